The Morgan fingerprint density at radius 3 is 2.21 bits per heavy atom. The van der Waals surface area contributed by atoms with Crippen LogP contribution in [0.3, 0.4) is 0 Å². The highest BCUT2D eigenvalue weighted by Crippen LogP contribution is 2.38. The minimum Gasteiger partial charge on any atom is -0.493 e. The van der Waals surface area contributed by atoms with Gasteiger partial charge in [0.2, 0.25) is 5.75 Å². The number of carbonyl (C=O) groups is 2. The maximum atomic E-state index is 13.3. The van der Waals surface area contributed by atoms with E-state index in [1.54, 1.807) is 24.3 Å². The number of aromatic nitrogens is 1. The van der Waals surface area contributed by atoms with Gasteiger partial charge in [-0.2, -0.15) is 12.7 Å². The van der Waals surface area contributed by atoms with E-state index in [9.17, 15) is 18.0 Å². The molecule has 0 spiro atoms. The van der Waals surface area contributed by atoms with Crippen LogP contribution < -0.4 is 24.8 Å². The third-order valence-corrected chi connectivity index (χ3v) is 7.40. The van der Waals surface area contributed by atoms with Crippen molar-refractivity contribution in [1.82, 2.24) is 18.9 Å². The number of hydrogen-bond donors (Lipinski definition) is 2. The van der Waals surface area contributed by atoms with Crippen molar-refractivity contribution in [3.63, 3.8) is 0 Å². The van der Waals surface area contributed by atoms with Crippen molar-refractivity contribution in [1.29, 1.82) is 0 Å². The summed E-state index contributed by atoms with van der Waals surface area (Å²) in [6.45, 7) is 2.28. The zero-order chi connectivity index (χ0) is 28.0. The van der Waals surface area contributed by atoms with E-state index in [4.69, 9.17) is 14.2 Å². The number of fused-ring (bicyclic) bond motifs is 1. The second kappa shape index (κ2) is 12.0. The van der Waals surface area contributed by atoms with Crippen LogP contribution in [0.1, 0.15) is 29.3 Å². The molecule has 0 aliphatic heterocycles. The third kappa shape index (κ3) is 5.76. The first-order valence-corrected chi connectivity index (χ1v) is 13.1. The molecule has 38 heavy (non-hydrogen) atoms. The van der Waals surface area contributed by atoms with Crippen molar-refractivity contribution >= 4 is 39.0 Å². The molecular formula is C26H32N4O7S. The molecule has 0 radical (unpaired) electrons. The Morgan fingerprint density at radius 2 is 1.66 bits per heavy atom. The summed E-state index contributed by atoms with van der Waals surface area (Å²) >= 11 is 0. The number of methoxy groups -OCH3 is 3. The van der Waals surface area contributed by atoms with Crippen LogP contribution in [0, 0.1) is 0 Å². The molecule has 0 saturated heterocycles. The number of nitrogens with one attached hydrogen (secondary N) is 2. The predicted octanol–water partition coefficient (Wildman–Crippen LogP) is 2.62. The number of hydrogen-bond acceptors (Lipinski definition) is 7. The van der Waals surface area contributed by atoms with Crippen molar-refractivity contribution in [2.75, 3.05) is 42.0 Å². The zero-order valence-corrected chi connectivity index (χ0v) is 23.0. The first-order valence-electron chi connectivity index (χ1n) is 11.7. The van der Waals surface area contributed by atoms with Gasteiger partial charge in [-0.25, -0.2) is 3.97 Å². The summed E-state index contributed by atoms with van der Waals surface area (Å²) in [5.74, 6) is -0.269. The molecule has 0 unspecified atom stereocenters. The minimum absolute atomic E-state index is 0.0673. The molecule has 2 aromatic carbocycles. The van der Waals surface area contributed by atoms with Gasteiger partial charge in [0.15, 0.2) is 11.5 Å². The standard InChI is InChI=1S/C26H32N4O7S/c1-7-12-27-26(32)20(28-25(31)17-14-22(35-4)24(37-6)23(15-17)36-5)13-18-16-30(38(33,34)29(2)3)21-11-9-8-10-19(18)21/h8-11,13-16H,7,12H2,1-6H3,(H,27,32)(H,28,31). The molecule has 1 aromatic heterocycles. The van der Waals surface area contributed by atoms with Gasteiger partial charge in [-0.05, 0) is 30.7 Å². The number of amides is 2. The molecule has 3 aromatic rings. The van der Waals surface area contributed by atoms with Gasteiger partial charge in [-0.15, -0.1) is 0 Å². The fourth-order valence-electron chi connectivity index (χ4n) is 3.71. The van der Waals surface area contributed by atoms with Gasteiger partial charge < -0.3 is 24.8 Å². The second-order valence-corrected chi connectivity index (χ2v) is 10.4. The van der Waals surface area contributed by atoms with E-state index in [2.05, 4.69) is 10.6 Å². The van der Waals surface area contributed by atoms with Crippen molar-refractivity contribution < 1.29 is 32.2 Å². The van der Waals surface area contributed by atoms with Gasteiger partial charge in [0.1, 0.15) is 5.70 Å². The van der Waals surface area contributed by atoms with Gasteiger partial charge in [0, 0.05) is 43.4 Å². The molecule has 3 rings (SSSR count). The SMILES string of the molecule is CCCNC(=O)C(=Cc1cn(S(=O)(=O)N(C)C)c2ccccc12)NC(=O)c1cc(OC)c(OC)c(OC)c1. The molecule has 0 aliphatic rings. The van der Waals surface area contributed by atoms with Crippen LogP contribution in [-0.4, -0.2) is 70.5 Å². The molecule has 11 nitrogen and oxygen atoms in total. The van der Waals surface area contributed by atoms with Crippen LogP contribution in [-0.2, 0) is 15.0 Å². The summed E-state index contributed by atoms with van der Waals surface area (Å²) in [5, 5.41) is 5.99. The Bertz CT molecular complexity index is 1450. The zero-order valence-electron chi connectivity index (χ0n) is 22.2. The predicted molar refractivity (Wildman–Crippen MR) is 145 cm³/mol. The van der Waals surface area contributed by atoms with Crippen LogP contribution in [0.5, 0.6) is 17.2 Å². The average molecular weight is 545 g/mol. The smallest absolute Gasteiger partial charge is 0.307 e. The number of benzene rings is 2. The summed E-state index contributed by atoms with van der Waals surface area (Å²) in [6.07, 6.45) is 3.55. The minimum atomic E-state index is -3.85. The summed E-state index contributed by atoms with van der Waals surface area (Å²) in [7, 11) is 3.33. The number of ether oxygens (including phenoxy) is 3. The average Bonchev–Trinajstić information content (AvgIpc) is 3.29. The molecule has 204 valence electrons. The fraction of sp³-hybridized carbons (Fsp3) is 0.308. The maximum Gasteiger partial charge on any atom is 0.307 e. The van der Waals surface area contributed by atoms with Crippen LogP contribution >= 0.6 is 0 Å². The van der Waals surface area contributed by atoms with E-state index in [0.717, 1.165) is 8.28 Å². The van der Waals surface area contributed by atoms with E-state index in [1.165, 1.54) is 59.8 Å². The molecule has 0 atom stereocenters. The summed E-state index contributed by atoms with van der Waals surface area (Å²) in [5.41, 5.74) is 0.947. The molecule has 0 fully saturated rings. The highest BCUT2D eigenvalue weighted by molar-refractivity contribution is 7.87. The number of carbonyl (C=O) groups excluding carboxylic acids is 2. The molecule has 1 heterocycles. The van der Waals surface area contributed by atoms with Crippen molar-refractivity contribution in [2.45, 2.75) is 13.3 Å². The van der Waals surface area contributed by atoms with E-state index in [1.807, 2.05) is 6.92 Å². The number of para-hydroxylation sites is 1. The molecular weight excluding hydrogens is 512 g/mol. The van der Waals surface area contributed by atoms with E-state index in [0.29, 0.717) is 35.2 Å². The first-order chi connectivity index (χ1) is 18.1. The van der Waals surface area contributed by atoms with Gasteiger partial charge in [0.05, 0.1) is 26.8 Å². The van der Waals surface area contributed by atoms with Gasteiger partial charge >= 0.3 is 10.2 Å². The van der Waals surface area contributed by atoms with E-state index < -0.39 is 22.0 Å². The summed E-state index contributed by atoms with van der Waals surface area (Å²) in [4.78, 5) is 26.4. The number of nitrogens with zero attached hydrogens (tertiary/aromatic N) is 2. The number of rotatable bonds is 11. The molecule has 0 saturated carbocycles. The lowest BCUT2D eigenvalue weighted by Gasteiger charge is -2.15. The van der Waals surface area contributed by atoms with E-state index >= 15 is 0 Å². The highest BCUT2D eigenvalue weighted by atomic mass is 32.2. The molecule has 0 bridgehead atoms. The first kappa shape index (κ1) is 28.5. The lowest BCUT2D eigenvalue weighted by molar-refractivity contribution is -0.117. The normalized spacial score (nSPS) is 11.9. The monoisotopic (exact) mass is 544 g/mol. The van der Waals surface area contributed by atoms with Crippen LogP contribution in [0.25, 0.3) is 17.0 Å². The second-order valence-electron chi connectivity index (χ2n) is 8.37. The van der Waals surface area contributed by atoms with Crippen LogP contribution in [0.4, 0.5) is 0 Å². The lowest BCUT2D eigenvalue weighted by Crippen LogP contribution is -2.35. The molecule has 12 heteroatoms. The van der Waals surface area contributed by atoms with Crippen LogP contribution in [0.2, 0.25) is 0 Å². The lowest BCUT2D eigenvalue weighted by atomic mass is 10.1. The Balaban J connectivity index is 2.13. The Morgan fingerprint density at radius 1 is 1.03 bits per heavy atom. The van der Waals surface area contributed by atoms with Crippen molar-refractivity contribution in [3.8, 4) is 17.2 Å². The highest BCUT2D eigenvalue weighted by Gasteiger charge is 2.23. The largest absolute Gasteiger partial charge is 0.493 e. The van der Waals surface area contributed by atoms with Crippen molar-refractivity contribution in [3.05, 3.63) is 59.4 Å². The third-order valence-electron chi connectivity index (χ3n) is 5.67. The van der Waals surface area contributed by atoms with Crippen molar-refractivity contribution in [2.24, 2.45) is 0 Å². The van der Waals surface area contributed by atoms with Gasteiger partial charge in [-0.1, -0.05) is 25.1 Å². The van der Waals surface area contributed by atoms with Crippen LogP contribution in [0.15, 0.2) is 48.3 Å². The maximum absolute atomic E-state index is 13.3. The molecule has 2 amide bonds. The molecule has 0 aliphatic carbocycles. The van der Waals surface area contributed by atoms with E-state index in [-0.39, 0.29) is 22.8 Å². The Kier molecular flexibility index (Phi) is 9.02. The summed E-state index contributed by atoms with van der Waals surface area (Å²) < 4.78 is 44.1. The Labute approximate surface area is 222 Å². The summed E-state index contributed by atoms with van der Waals surface area (Å²) in [6, 6.07) is 9.82. The quantitative estimate of drug-likeness (QED) is 0.355. The Hall–Kier alpha value is -4.03. The van der Waals surface area contributed by atoms with Gasteiger partial charge in [-0.3, -0.25) is 9.59 Å². The van der Waals surface area contributed by atoms with Gasteiger partial charge in [0.25, 0.3) is 11.8 Å². The topological polar surface area (TPSA) is 128 Å². The molecule has 2 N–H and O–H groups in total. The fourth-order valence-corrected chi connectivity index (χ4v) is 4.72.